The van der Waals surface area contributed by atoms with Crippen molar-refractivity contribution in [1.82, 2.24) is 9.88 Å². The van der Waals surface area contributed by atoms with Crippen molar-refractivity contribution < 1.29 is 9.18 Å². The molecule has 0 bridgehead atoms. The third-order valence-electron chi connectivity index (χ3n) is 5.32. The molecule has 1 atom stereocenters. The third-order valence-corrected chi connectivity index (χ3v) is 6.40. The van der Waals surface area contributed by atoms with E-state index in [2.05, 4.69) is 14.8 Å². The van der Waals surface area contributed by atoms with Crippen LogP contribution in [0, 0.1) is 11.7 Å². The van der Waals surface area contributed by atoms with E-state index in [9.17, 15) is 9.18 Å². The molecule has 6 heteroatoms. The summed E-state index contributed by atoms with van der Waals surface area (Å²) in [5, 5.41) is 0.841. The second-order valence-electron chi connectivity index (χ2n) is 7.11. The smallest absolute Gasteiger partial charge is 0.227 e. The predicted molar refractivity (Wildman–Crippen MR) is 99.6 cm³/mol. The summed E-state index contributed by atoms with van der Waals surface area (Å²) in [5.41, 5.74) is 0.448. The fourth-order valence-electron chi connectivity index (χ4n) is 3.94. The van der Waals surface area contributed by atoms with E-state index in [-0.39, 0.29) is 11.7 Å². The number of carbonyl (C=O) groups excluding carboxylic acids is 1. The molecule has 1 aromatic heterocycles. The lowest BCUT2D eigenvalue weighted by Crippen LogP contribution is -2.45. The van der Waals surface area contributed by atoms with Crippen molar-refractivity contribution in [1.29, 1.82) is 0 Å². The minimum atomic E-state index is -0.269. The molecule has 3 heterocycles. The summed E-state index contributed by atoms with van der Waals surface area (Å²) < 4.78 is 14.8. The summed E-state index contributed by atoms with van der Waals surface area (Å²) in [5.74, 6) is 0.0804. The summed E-state index contributed by atoms with van der Waals surface area (Å²) in [6, 6.07) is 5.08. The molecular weight excluding hydrogens is 337 g/mol. The fourth-order valence-corrected chi connectivity index (χ4v) is 4.96. The average molecular weight is 361 g/mol. The van der Waals surface area contributed by atoms with Crippen LogP contribution >= 0.6 is 11.3 Å². The van der Waals surface area contributed by atoms with Crippen LogP contribution in [-0.2, 0) is 4.79 Å². The standard InChI is InChI=1S/C19H24FN3OS/c20-15-8-5-9-16-17(15)21-19(25-16)23-12-6-7-14(13-23)18(24)22-10-3-1-2-4-11-22/h5,8-9,14H,1-4,6-7,10-13H2. The summed E-state index contributed by atoms with van der Waals surface area (Å²) in [4.78, 5) is 21.7. The number of piperidine rings is 1. The molecule has 1 unspecified atom stereocenters. The van der Waals surface area contributed by atoms with E-state index in [0.717, 1.165) is 55.1 Å². The summed E-state index contributed by atoms with van der Waals surface area (Å²) in [6.07, 6.45) is 6.65. The summed E-state index contributed by atoms with van der Waals surface area (Å²) >= 11 is 1.52. The Morgan fingerprint density at radius 1 is 1.12 bits per heavy atom. The average Bonchev–Trinajstić information content (AvgIpc) is 2.90. The van der Waals surface area contributed by atoms with Crippen LogP contribution < -0.4 is 4.90 Å². The highest BCUT2D eigenvalue weighted by Gasteiger charge is 2.30. The number of likely N-dealkylation sites (tertiary alicyclic amines) is 1. The number of anilines is 1. The third kappa shape index (κ3) is 3.50. The number of amides is 1. The number of benzene rings is 1. The van der Waals surface area contributed by atoms with Gasteiger partial charge in [-0.05, 0) is 37.8 Å². The topological polar surface area (TPSA) is 36.4 Å². The number of fused-ring (bicyclic) bond motifs is 1. The van der Waals surface area contributed by atoms with E-state index >= 15 is 0 Å². The molecule has 25 heavy (non-hydrogen) atoms. The molecule has 1 aromatic carbocycles. The highest BCUT2D eigenvalue weighted by Crippen LogP contribution is 2.33. The fraction of sp³-hybridized carbons (Fsp3) is 0.579. The first-order valence-corrected chi connectivity index (χ1v) is 10.1. The maximum atomic E-state index is 13.9. The largest absolute Gasteiger partial charge is 0.347 e. The van der Waals surface area contributed by atoms with Crippen LogP contribution in [0.3, 0.4) is 0 Å². The van der Waals surface area contributed by atoms with Crippen LogP contribution in [0.15, 0.2) is 18.2 Å². The Bertz CT molecular complexity index is 754. The molecule has 1 amide bonds. The molecule has 0 saturated carbocycles. The second kappa shape index (κ2) is 7.28. The minimum absolute atomic E-state index is 0.0451. The van der Waals surface area contributed by atoms with Crippen LogP contribution in [0.2, 0.25) is 0 Å². The van der Waals surface area contributed by atoms with Gasteiger partial charge in [0.15, 0.2) is 5.13 Å². The normalized spacial score (nSPS) is 22.2. The molecule has 0 spiro atoms. The summed E-state index contributed by atoms with van der Waals surface area (Å²) in [7, 11) is 0. The zero-order valence-corrected chi connectivity index (χ0v) is 15.2. The van der Waals surface area contributed by atoms with Crippen molar-refractivity contribution in [2.75, 3.05) is 31.1 Å². The maximum Gasteiger partial charge on any atom is 0.227 e. The Morgan fingerprint density at radius 3 is 2.68 bits per heavy atom. The van der Waals surface area contributed by atoms with E-state index in [4.69, 9.17) is 0 Å². The molecule has 0 radical (unpaired) electrons. The zero-order chi connectivity index (χ0) is 17.2. The van der Waals surface area contributed by atoms with E-state index in [1.54, 1.807) is 6.07 Å². The molecule has 2 aromatic rings. The van der Waals surface area contributed by atoms with Crippen molar-refractivity contribution in [3.8, 4) is 0 Å². The lowest BCUT2D eigenvalue weighted by Gasteiger charge is -2.34. The molecule has 4 nitrogen and oxygen atoms in total. The van der Waals surface area contributed by atoms with Gasteiger partial charge in [0.2, 0.25) is 5.91 Å². The number of thiazole rings is 1. The molecule has 134 valence electrons. The lowest BCUT2D eigenvalue weighted by atomic mass is 9.96. The molecule has 4 rings (SSSR count). The van der Waals surface area contributed by atoms with Crippen LogP contribution in [0.5, 0.6) is 0 Å². The monoisotopic (exact) mass is 361 g/mol. The van der Waals surface area contributed by atoms with Crippen molar-refractivity contribution in [2.45, 2.75) is 38.5 Å². The van der Waals surface area contributed by atoms with Crippen molar-refractivity contribution >= 4 is 32.6 Å². The highest BCUT2D eigenvalue weighted by atomic mass is 32.1. The van der Waals surface area contributed by atoms with Gasteiger partial charge in [-0.1, -0.05) is 30.2 Å². The molecule has 2 fully saturated rings. The first kappa shape index (κ1) is 16.8. The number of carbonyl (C=O) groups is 1. The predicted octanol–water partition coefficient (Wildman–Crippen LogP) is 4.05. The highest BCUT2D eigenvalue weighted by molar-refractivity contribution is 7.22. The number of hydrogen-bond acceptors (Lipinski definition) is 4. The first-order valence-electron chi connectivity index (χ1n) is 9.31. The molecular formula is C19H24FN3OS. The van der Waals surface area contributed by atoms with E-state index in [1.807, 2.05) is 6.07 Å². The van der Waals surface area contributed by atoms with Gasteiger partial charge >= 0.3 is 0 Å². The second-order valence-corrected chi connectivity index (χ2v) is 8.12. The van der Waals surface area contributed by atoms with Crippen LogP contribution in [0.1, 0.15) is 38.5 Å². The molecule has 0 N–H and O–H groups in total. The van der Waals surface area contributed by atoms with Crippen LogP contribution in [-0.4, -0.2) is 42.0 Å². The summed E-state index contributed by atoms with van der Waals surface area (Å²) in [6.45, 7) is 3.41. The van der Waals surface area contributed by atoms with Crippen LogP contribution in [0.25, 0.3) is 10.2 Å². The minimum Gasteiger partial charge on any atom is -0.347 e. The Labute approximate surface area is 151 Å². The van der Waals surface area contributed by atoms with Gasteiger partial charge in [-0.2, -0.15) is 0 Å². The lowest BCUT2D eigenvalue weighted by molar-refractivity contribution is -0.135. The first-order chi connectivity index (χ1) is 12.2. The van der Waals surface area contributed by atoms with Gasteiger partial charge in [-0.25, -0.2) is 9.37 Å². The maximum absolute atomic E-state index is 13.9. The van der Waals surface area contributed by atoms with E-state index in [0.29, 0.717) is 18.0 Å². The van der Waals surface area contributed by atoms with Gasteiger partial charge in [0.25, 0.3) is 0 Å². The Kier molecular flexibility index (Phi) is 4.88. The number of aromatic nitrogens is 1. The molecule has 2 aliphatic rings. The van der Waals surface area contributed by atoms with Gasteiger partial charge in [-0.3, -0.25) is 4.79 Å². The number of halogens is 1. The van der Waals surface area contributed by atoms with Gasteiger partial charge in [0.1, 0.15) is 11.3 Å². The number of hydrogen-bond donors (Lipinski definition) is 0. The molecule has 2 aliphatic heterocycles. The van der Waals surface area contributed by atoms with Crippen molar-refractivity contribution in [3.05, 3.63) is 24.0 Å². The van der Waals surface area contributed by atoms with Gasteiger partial charge in [-0.15, -0.1) is 0 Å². The van der Waals surface area contributed by atoms with E-state index < -0.39 is 0 Å². The van der Waals surface area contributed by atoms with Crippen LogP contribution in [0.4, 0.5) is 9.52 Å². The van der Waals surface area contributed by atoms with Crippen molar-refractivity contribution in [2.24, 2.45) is 5.92 Å². The van der Waals surface area contributed by atoms with Gasteiger partial charge < -0.3 is 9.80 Å². The Hall–Kier alpha value is -1.69. The SMILES string of the molecule is O=C(C1CCCN(c2nc3c(F)cccc3s2)C1)N1CCCCCC1. The van der Waals surface area contributed by atoms with Gasteiger partial charge in [0.05, 0.1) is 10.6 Å². The zero-order valence-electron chi connectivity index (χ0n) is 14.4. The number of para-hydroxylation sites is 1. The number of rotatable bonds is 2. The molecule has 2 saturated heterocycles. The Morgan fingerprint density at radius 2 is 1.92 bits per heavy atom. The van der Waals surface area contributed by atoms with Crippen molar-refractivity contribution in [3.63, 3.8) is 0 Å². The molecule has 0 aliphatic carbocycles. The van der Waals surface area contributed by atoms with Gasteiger partial charge in [0, 0.05) is 26.2 Å². The Balaban J connectivity index is 1.49. The van der Waals surface area contributed by atoms with E-state index in [1.165, 1.54) is 30.2 Å². The quantitative estimate of drug-likeness (QED) is 0.809. The number of nitrogens with zero attached hydrogens (tertiary/aromatic N) is 3.